The summed E-state index contributed by atoms with van der Waals surface area (Å²) < 4.78 is 0. The molecule has 1 atom stereocenters. The van der Waals surface area contributed by atoms with Crippen LogP contribution in [-0.4, -0.2) is 29.3 Å². The molecular formula is C16H16N4O3S. The number of benzene rings is 1. The highest BCUT2D eigenvalue weighted by atomic mass is 32.1. The number of nitrogens with one attached hydrogen (secondary N) is 2. The Morgan fingerprint density at radius 1 is 1.29 bits per heavy atom. The molecule has 0 saturated heterocycles. The average molecular weight is 344 g/mol. The van der Waals surface area contributed by atoms with Gasteiger partial charge in [0.15, 0.2) is 0 Å². The number of likely N-dealkylation sites (N-methyl/N-ethyl adjacent to an activating group) is 1. The fraction of sp³-hybridized carbons (Fsp3) is 0.312. The largest absolute Gasteiger partial charge is 0.353 e. The van der Waals surface area contributed by atoms with Gasteiger partial charge in [0.05, 0.1) is 10.5 Å². The number of nitrogens with zero attached hydrogens (tertiary/aromatic N) is 2. The van der Waals surface area contributed by atoms with Gasteiger partial charge in [0, 0.05) is 30.1 Å². The molecule has 24 heavy (non-hydrogen) atoms. The molecule has 2 aromatic rings. The minimum Gasteiger partial charge on any atom is -0.353 e. The molecule has 1 aromatic carbocycles. The quantitative estimate of drug-likeness (QED) is 0.646. The van der Waals surface area contributed by atoms with Crippen LogP contribution in [0.3, 0.4) is 0 Å². The van der Waals surface area contributed by atoms with Crippen molar-refractivity contribution in [3.63, 3.8) is 0 Å². The van der Waals surface area contributed by atoms with Gasteiger partial charge in [-0.25, -0.2) is 0 Å². The molecule has 0 spiro atoms. The van der Waals surface area contributed by atoms with Crippen LogP contribution in [0.4, 0.5) is 10.7 Å². The van der Waals surface area contributed by atoms with Crippen LogP contribution < -0.4 is 10.6 Å². The van der Waals surface area contributed by atoms with Crippen LogP contribution in [0.2, 0.25) is 0 Å². The Morgan fingerprint density at radius 3 is 2.75 bits per heavy atom. The third kappa shape index (κ3) is 2.44. The number of nitro benzene ring substituents is 1. The summed E-state index contributed by atoms with van der Waals surface area (Å²) in [6.45, 7) is 1.82. The van der Waals surface area contributed by atoms with Crippen molar-refractivity contribution < 1.29 is 9.72 Å². The van der Waals surface area contributed by atoms with Gasteiger partial charge in [-0.15, -0.1) is 11.3 Å². The summed E-state index contributed by atoms with van der Waals surface area (Å²) in [5.74, 6) is -0.0749. The zero-order chi connectivity index (χ0) is 16.8. The molecular weight excluding hydrogens is 328 g/mol. The Labute approximate surface area is 142 Å². The second kappa shape index (κ2) is 5.57. The molecule has 7 nitrogen and oxygen atoms in total. The van der Waals surface area contributed by atoms with Crippen molar-refractivity contribution >= 4 is 27.9 Å². The average Bonchev–Trinajstić information content (AvgIpc) is 2.92. The first-order chi connectivity index (χ1) is 11.5. The van der Waals surface area contributed by atoms with Crippen LogP contribution in [0.25, 0.3) is 0 Å². The van der Waals surface area contributed by atoms with Crippen LogP contribution in [0, 0.1) is 10.1 Å². The zero-order valence-corrected chi connectivity index (χ0v) is 13.9. The first kappa shape index (κ1) is 15.1. The van der Waals surface area contributed by atoms with Gasteiger partial charge in [0.1, 0.15) is 11.2 Å². The molecule has 0 aliphatic carbocycles. The van der Waals surface area contributed by atoms with E-state index in [1.54, 1.807) is 23.5 Å². The van der Waals surface area contributed by atoms with Gasteiger partial charge < -0.3 is 15.5 Å². The fourth-order valence-corrected chi connectivity index (χ4v) is 4.55. The Kier molecular flexibility index (Phi) is 3.50. The number of thiophene rings is 1. The van der Waals surface area contributed by atoms with Gasteiger partial charge in [-0.3, -0.25) is 14.9 Å². The minimum atomic E-state index is -0.432. The van der Waals surface area contributed by atoms with E-state index in [1.807, 2.05) is 0 Å². The molecule has 124 valence electrons. The van der Waals surface area contributed by atoms with Crippen LogP contribution in [-0.2, 0) is 13.0 Å². The van der Waals surface area contributed by atoms with Crippen molar-refractivity contribution in [2.75, 3.05) is 18.9 Å². The zero-order valence-electron chi connectivity index (χ0n) is 13.0. The Bertz CT molecular complexity index is 831. The molecule has 8 heteroatoms. The molecule has 0 unspecified atom stereocenters. The van der Waals surface area contributed by atoms with Crippen LogP contribution in [0.15, 0.2) is 24.3 Å². The maximum absolute atomic E-state index is 12.6. The highest BCUT2D eigenvalue weighted by molar-refractivity contribution is 7.16. The second-order valence-electron chi connectivity index (χ2n) is 6.10. The Balaban J connectivity index is 1.64. The molecule has 2 N–H and O–H groups in total. The van der Waals surface area contributed by atoms with Crippen LogP contribution in [0.1, 0.15) is 32.5 Å². The van der Waals surface area contributed by atoms with E-state index in [0.29, 0.717) is 0 Å². The Morgan fingerprint density at radius 2 is 2.04 bits per heavy atom. The predicted molar refractivity (Wildman–Crippen MR) is 91.3 cm³/mol. The first-order valence-electron chi connectivity index (χ1n) is 7.68. The normalized spacial score (nSPS) is 19.9. The smallest absolute Gasteiger partial charge is 0.269 e. The number of carbonyl (C=O) groups is 1. The highest BCUT2D eigenvalue weighted by Gasteiger charge is 2.32. The molecule has 4 rings (SSSR count). The van der Waals surface area contributed by atoms with E-state index in [0.717, 1.165) is 41.2 Å². The number of carbonyl (C=O) groups excluding carboxylic acids is 1. The van der Waals surface area contributed by atoms with Gasteiger partial charge in [0.25, 0.3) is 11.6 Å². The lowest BCUT2D eigenvalue weighted by Crippen LogP contribution is -2.38. The lowest BCUT2D eigenvalue weighted by molar-refractivity contribution is -0.384. The standard InChI is InChI=1S/C16H16N4O3S/c1-19-7-6-11-12(8-19)24-16-13(11)15(21)17-14(18-16)9-2-4-10(5-3-9)20(22)23/h2-5,14,18H,6-8H2,1H3,(H,17,21)/t14-/m0/s1. The SMILES string of the molecule is CN1CCc2c(sc3c2C(=O)N[C@H](c2ccc([N+](=O)[O-])cc2)N3)C1. The third-order valence-electron chi connectivity index (χ3n) is 4.46. The number of nitro groups is 1. The van der Waals surface area contributed by atoms with E-state index in [-0.39, 0.29) is 17.8 Å². The maximum atomic E-state index is 12.6. The van der Waals surface area contributed by atoms with Crippen molar-refractivity contribution in [1.29, 1.82) is 0 Å². The lowest BCUT2D eigenvalue weighted by Gasteiger charge is -2.27. The molecule has 0 radical (unpaired) electrons. The Hall–Kier alpha value is -2.45. The van der Waals surface area contributed by atoms with Crippen molar-refractivity contribution in [2.24, 2.45) is 0 Å². The molecule has 3 heterocycles. The summed E-state index contributed by atoms with van der Waals surface area (Å²) in [6.07, 6.45) is 0.512. The summed E-state index contributed by atoms with van der Waals surface area (Å²) in [4.78, 5) is 26.4. The predicted octanol–water partition coefficient (Wildman–Crippen LogP) is 2.50. The van der Waals surface area contributed by atoms with Crippen LogP contribution >= 0.6 is 11.3 Å². The van der Waals surface area contributed by atoms with Crippen molar-refractivity contribution in [3.05, 3.63) is 55.9 Å². The van der Waals surface area contributed by atoms with Gasteiger partial charge >= 0.3 is 0 Å². The van der Waals surface area contributed by atoms with Crippen molar-refractivity contribution in [2.45, 2.75) is 19.1 Å². The number of hydrogen-bond acceptors (Lipinski definition) is 6. The van der Waals surface area contributed by atoms with E-state index >= 15 is 0 Å². The van der Waals surface area contributed by atoms with E-state index in [4.69, 9.17) is 0 Å². The number of amides is 1. The number of anilines is 1. The van der Waals surface area contributed by atoms with Crippen molar-refractivity contribution in [1.82, 2.24) is 10.2 Å². The van der Waals surface area contributed by atoms with Gasteiger partial charge in [-0.1, -0.05) is 0 Å². The molecule has 2 aliphatic heterocycles. The number of fused-ring (bicyclic) bond motifs is 3. The molecule has 0 saturated carbocycles. The van der Waals surface area contributed by atoms with E-state index in [9.17, 15) is 14.9 Å². The summed E-state index contributed by atoms with van der Waals surface area (Å²) in [5.41, 5.74) is 2.75. The maximum Gasteiger partial charge on any atom is 0.269 e. The fourth-order valence-electron chi connectivity index (χ4n) is 3.20. The summed E-state index contributed by atoms with van der Waals surface area (Å²) in [7, 11) is 2.08. The van der Waals surface area contributed by atoms with Crippen molar-refractivity contribution in [3.8, 4) is 0 Å². The third-order valence-corrected chi connectivity index (χ3v) is 5.61. The molecule has 1 aromatic heterocycles. The lowest BCUT2D eigenvalue weighted by atomic mass is 10.0. The van der Waals surface area contributed by atoms with Gasteiger partial charge in [0.2, 0.25) is 0 Å². The second-order valence-corrected chi connectivity index (χ2v) is 7.20. The monoisotopic (exact) mass is 344 g/mol. The van der Waals surface area contributed by atoms with Crippen LogP contribution in [0.5, 0.6) is 0 Å². The molecule has 1 amide bonds. The van der Waals surface area contributed by atoms with E-state index in [1.165, 1.54) is 17.0 Å². The van der Waals surface area contributed by atoms with Gasteiger partial charge in [-0.2, -0.15) is 0 Å². The molecule has 2 aliphatic rings. The molecule has 0 fully saturated rings. The molecule has 0 bridgehead atoms. The summed E-state index contributed by atoms with van der Waals surface area (Å²) in [6, 6.07) is 6.24. The number of non-ortho nitro benzene ring substituents is 1. The first-order valence-corrected chi connectivity index (χ1v) is 8.49. The summed E-state index contributed by atoms with van der Waals surface area (Å²) >= 11 is 1.63. The van der Waals surface area contributed by atoms with E-state index < -0.39 is 4.92 Å². The van der Waals surface area contributed by atoms with E-state index in [2.05, 4.69) is 22.6 Å². The number of hydrogen-bond donors (Lipinski definition) is 2. The van der Waals surface area contributed by atoms with Gasteiger partial charge in [-0.05, 0) is 36.7 Å². The topological polar surface area (TPSA) is 87.5 Å². The number of rotatable bonds is 2. The highest BCUT2D eigenvalue weighted by Crippen LogP contribution is 2.40. The minimum absolute atomic E-state index is 0.0381. The summed E-state index contributed by atoms with van der Waals surface area (Å²) in [5, 5.41) is 18.0.